The van der Waals surface area contributed by atoms with Crippen LogP contribution in [-0.4, -0.2) is 46.0 Å². The molecule has 9 nitrogen and oxygen atoms in total. The molecule has 188 valence electrons. The highest BCUT2D eigenvalue weighted by Gasteiger charge is 2.31. The Morgan fingerprint density at radius 2 is 1.89 bits per heavy atom. The summed E-state index contributed by atoms with van der Waals surface area (Å²) in [5, 5.41) is 13.1. The van der Waals surface area contributed by atoms with E-state index in [-0.39, 0.29) is 0 Å². The number of rotatable bonds is 8. The number of aromatic nitrogens is 4. The van der Waals surface area contributed by atoms with Gasteiger partial charge in [-0.3, -0.25) is 5.32 Å². The highest BCUT2D eigenvalue weighted by molar-refractivity contribution is 6.00. The first kappa shape index (κ1) is 25.0. The predicted molar refractivity (Wildman–Crippen MR) is 125 cm³/mol. The fourth-order valence-corrected chi connectivity index (χ4v) is 3.39. The van der Waals surface area contributed by atoms with Crippen LogP contribution in [-0.2, 0) is 17.6 Å². The van der Waals surface area contributed by atoms with E-state index in [1.54, 1.807) is 42.3 Å². The normalized spacial score (nSPS) is 11.6. The van der Waals surface area contributed by atoms with E-state index in [1.165, 1.54) is 6.33 Å². The van der Waals surface area contributed by atoms with Crippen molar-refractivity contribution in [2.75, 3.05) is 30.9 Å². The monoisotopic (exact) mass is 503 g/mol. The molecule has 0 saturated carbocycles. The molecule has 3 N–H and O–H groups in total. The van der Waals surface area contributed by atoms with E-state index in [0.717, 1.165) is 10.9 Å². The molecule has 0 fully saturated rings. The summed E-state index contributed by atoms with van der Waals surface area (Å²) >= 11 is 0. The van der Waals surface area contributed by atoms with Gasteiger partial charge in [-0.1, -0.05) is 12.1 Å². The molecule has 0 aliphatic heterocycles. The average Bonchev–Trinajstić information content (AvgIpc) is 3.22. The summed E-state index contributed by atoms with van der Waals surface area (Å²) in [4.78, 5) is 20.6. The summed E-state index contributed by atoms with van der Waals surface area (Å²) in [5.41, 5.74) is 0.657. The van der Waals surface area contributed by atoms with E-state index in [4.69, 9.17) is 4.74 Å². The maximum Gasteiger partial charge on any atom is 0.416 e. The molecule has 13 heteroatoms. The Kier molecular flexibility index (Phi) is 7.41. The number of methoxy groups -OCH3 is 1. The number of nitrogens with one attached hydrogen (secondary N) is 3. The van der Waals surface area contributed by atoms with E-state index in [0.29, 0.717) is 55.0 Å². The second-order valence-corrected chi connectivity index (χ2v) is 7.61. The van der Waals surface area contributed by atoms with Crippen LogP contribution in [0.3, 0.4) is 0 Å². The van der Waals surface area contributed by atoms with Gasteiger partial charge < -0.3 is 15.4 Å². The summed E-state index contributed by atoms with van der Waals surface area (Å²) in [6, 6.07) is 7.47. The first-order chi connectivity index (χ1) is 17.3. The van der Waals surface area contributed by atoms with Crippen molar-refractivity contribution in [1.82, 2.24) is 25.1 Å². The molecule has 0 unspecified atom stereocenters. The number of ether oxygens (including phenoxy) is 1. The van der Waals surface area contributed by atoms with Crippen molar-refractivity contribution in [2.24, 2.45) is 0 Å². The maximum atomic E-state index is 13.9. The van der Waals surface area contributed by atoms with E-state index < -0.39 is 29.3 Å². The van der Waals surface area contributed by atoms with Crippen LogP contribution < -0.4 is 16.0 Å². The van der Waals surface area contributed by atoms with Gasteiger partial charge in [-0.25, -0.2) is 23.8 Å². The zero-order valence-corrected chi connectivity index (χ0v) is 18.9. The van der Waals surface area contributed by atoms with Crippen molar-refractivity contribution in [3.05, 3.63) is 66.4 Å². The van der Waals surface area contributed by atoms with Crippen LogP contribution in [0, 0.1) is 5.82 Å². The minimum Gasteiger partial charge on any atom is -0.383 e. The maximum absolute atomic E-state index is 13.9. The van der Waals surface area contributed by atoms with Crippen molar-refractivity contribution >= 4 is 28.4 Å². The van der Waals surface area contributed by atoms with Crippen LogP contribution >= 0.6 is 0 Å². The molecule has 0 atom stereocenters. The Morgan fingerprint density at radius 3 is 2.61 bits per heavy atom. The number of hydrogen-bond acceptors (Lipinski definition) is 6. The number of benzene rings is 2. The lowest BCUT2D eigenvalue weighted by molar-refractivity contribution is -0.137. The number of alkyl halides is 3. The van der Waals surface area contributed by atoms with Crippen molar-refractivity contribution < 1.29 is 27.1 Å². The topological polar surface area (TPSA) is 106 Å². The Hall–Kier alpha value is -4.10. The lowest BCUT2D eigenvalue weighted by atomic mass is 10.1. The summed E-state index contributed by atoms with van der Waals surface area (Å²) in [5.74, 6) is -0.991. The number of carbonyl (C=O) groups excluding carboxylic acids is 1. The molecule has 2 aromatic heterocycles. The second-order valence-electron chi connectivity index (χ2n) is 7.61. The molecule has 0 bridgehead atoms. The molecular weight excluding hydrogens is 482 g/mol. The Bertz CT molecular complexity index is 1360. The van der Waals surface area contributed by atoms with Crippen LogP contribution in [0.4, 0.5) is 33.7 Å². The summed E-state index contributed by atoms with van der Waals surface area (Å²) in [6.45, 7) is 1.58. The van der Waals surface area contributed by atoms with E-state index >= 15 is 0 Å². The van der Waals surface area contributed by atoms with Gasteiger partial charge in [-0.15, -0.1) is 0 Å². The fraction of sp³-hybridized carbons (Fsp3) is 0.217. The molecule has 0 spiro atoms. The van der Waals surface area contributed by atoms with Gasteiger partial charge in [0.1, 0.15) is 17.8 Å². The van der Waals surface area contributed by atoms with Gasteiger partial charge in [0.05, 0.1) is 29.9 Å². The highest BCUT2D eigenvalue weighted by atomic mass is 19.4. The number of halogens is 4. The minimum atomic E-state index is -4.67. The lowest BCUT2D eigenvalue weighted by Crippen LogP contribution is -2.23. The zero-order chi connectivity index (χ0) is 25.7. The third-order valence-electron chi connectivity index (χ3n) is 5.11. The fourth-order valence-electron chi connectivity index (χ4n) is 3.39. The van der Waals surface area contributed by atoms with Crippen molar-refractivity contribution in [3.63, 3.8) is 0 Å². The SMILES string of the molecule is COCCNCn1nc(-c2ccc(NC(=O)Nc3cc(C(F)(F)F)ccc3F)cc2)c2cncnc21. The molecule has 2 heterocycles. The van der Waals surface area contributed by atoms with Crippen molar-refractivity contribution in [2.45, 2.75) is 12.8 Å². The Balaban J connectivity index is 1.48. The van der Waals surface area contributed by atoms with E-state index in [9.17, 15) is 22.4 Å². The molecule has 2 amide bonds. The van der Waals surface area contributed by atoms with E-state index in [2.05, 4.69) is 31.0 Å². The van der Waals surface area contributed by atoms with Crippen LogP contribution in [0.15, 0.2) is 55.0 Å². The van der Waals surface area contributed by atoms with Gasteiger partial charge in [0.15, 0.2) is 5.65 Å². The number of anilines is 2. The minimum absolute atomic E-state index is 0.338. The Morgan fingerprint density at radius 1 is 1.11 bits per heavy atom. The number of urea groups is 1. The van der Waals surface area contributed by atoms with Gasteiger partial charge >= 0.3 is 12.2 Å². The molecule has 0 radical (unpaired) electrons. The second kappa shape index (κ2) is 10.7. The third-order valence-corrected chi connectivity index (χ3v) is 5.11. The first-order valence-corrected chi connectivity index (χ1v) is 10.7. The number of fused-ring (bicyclic) bond motifs is 1. The van der Waals surface area contributed by atoms with Crippen LogP contribution in [0.2, 0.25) is 0 Å². The number of hydrogen-bond donors (Lipinski definition) is 3. The van der Waals surface area contributed by atoms with Gasteiger partial charge in [-0.05, 0) is 30.3 Å². The smallest absolute Gasteiger partial charge is 0.383 e. The van der Waals surface area contributed by atoms with Crippen LogP contribution in [0.25, 0.3) is 22.3 Å². The average molecular weight is 503 g/mol. The third kappa shape index (κ3) is 5.75. The summed E-state index contributed by atoms with van der Waals surface area (Å²) in [7, 11) is 1.61. The van der Waals surface area contributed by atoms with Crippen molar-refractivity contribution in [3.8, 4) is 11.3 Å². The van der Waals surface area contributed by atoms with Crippen LogP contribution in [0.1, 0.15) is 5.56 Å². The molecule has 4 rings (SSSR count). The molecule has 0 aliphatic rings. The number of nitrogens with zero attached hydrogens (tertiary/aromatic N) is 4. The molecular formula is C23H21F4N7O2. The number of carbonyl (C=O) groups is 1. The van der Waals surface area contributed by atoms with Gasteiger partial charge in [-0.2, -0.15) is 18.3 Å². The first-order valence-electron chi connectivity index (χ1n) is 10.7. The largest absolute Gasteiger partial charge is 0.416 e. The quantitative estimate of drug-likeness (QED) is 0.242. The Labute approximate surface area is 202 Å². The molecule has 0 saturated heterocycles. The van der Waals surface area contributed by atoms with Gasteiger partial charge in [0.25, 0.3) is 0 Å². The molecule has 4 aromatic rings. The van der Waals surface area contributed by atoms with E-state index in [1.807, 2.05) is 0 Å². The standard InChI is InChI=1S/C23H21F4N7O2/c1-36-9-8-28-13-34-21-17(11-29-12-30-21)20(33-34)14-2-5-16(6-3-14)31-22(35)32-19-10-15(23(25,26)27)4-7-18(19)24/h2-7,10-12,28H,8-9,13H2,1H3,(H2,31,32,35). The highest BCUT2D eigenvalue weighted by Crippen LogP contribution is 2.32. The molecule has 2 aromatic carbocycles. The predicted octanol–water partition coefficient (Wildman–Crippen LogP) is 4.49. The van der Waals surface area contributed by atoms with Gasteiger partial charge in [0.2, 0.25) is 0 Å². The van der Waals surface area contributed by atoms with Gasteiger partial charge in [0, 0.05) is 31.1 Å². The zero-order valence-electron chi connectivity index (χ0n) is 18.9. The summed E-state index contributed by atoms with van der Waals surface area (Å²) < 4.78 is 59.3. The lowest BCUT2D eigenvalue weighted by Gasteiger charge is -2.12. The molecule has 0 aliphatic carbocycles. The van der Waals surface area contributed by atoms with Crippen molar-refractivity contribution in [1.29, 1.82) is 0 Å². The number of amides is 2. The summed E-state index contributed by atoms with van der Waals surface area (Å²) in [6.07, 6.45) is -1.59. The van der Waals surface area contributed by atoms with Crippen LogP contribution in [0.5, 0.6) is 0 Å². The molecule has 36 heavy (non-hydrogen) atoms.